The predicted molar refractivity (Wildman–Crippen MR) is 72.9 cm³/mol. The molecule has 1 heterocycles. The van der Waals surface area contributed by atoms with Crippen LogP contribution in [-0.4, -0.2) is 11.8 Å². The van der Waals surface area contributed by atoms with Crippen LogP contribution in [-0.2, 0) is 24.7 Å². The molecule has 1 aromatic carbocycles. The SMILES string of the molecule is CC(=O)OC1=C(N)OC(C)(c2cc(Cl)ccc2Cl)C1=O. The van der Waals surface area contributed by atoms with Gasteiger partial charge in [0.1, 0.15) is 0 Å². The van der Waals surface area contributed by atoms with Crippen LogP contribution in [0.1, 0.15) is 19.4 Å². The summed E-state index contributed by atoms with van der Waals surface area (Å²) < 4.78 is 10.2. The fourth-order valence-electron chi connectivity index (χ4n) is 1.92. The molecule has 1 aliphatic heterocycles. The fourth-order valence-corrected chi connectivity index (χ4v) is 2.39. The molecule has 1 aromatic rings. The van der Waals surface area contributed by atoms with Crippen LogP contribution in [0.25, 0.3) is 0 Å². The average molecular weight is 316 g/mol. The minimum absolute atomic E-state index is 0.260. The number of ether oxygens (including phenoxy) is 2. The monoisotopic (exact) mass is 315 g/mol. The summed E-state index contributed by atoms with van der Waals surface area (Å²) in [7, 11) is 0. The van der Waals surface area contributed by atoms with E-state index in [4.69, 9.17) is 38.4 Å². The first kappa shape index (κ1) is 14.7. The number of ketones is 1. The van der Waals surface area contributed by atoms with Crippen LogP contribution >= 0.6 is 23.2 Å². The van der Waals surface area contributed by atoms with E-state index in [2.05, 4.69) is 0 Å². The summed E-state index contributed by atoms with van der Waals surface area (Å²) in [5.74, 6) is -1.84. The Morgan fingerprint density at radius 1 is 1.40 bits per heavy atom. The van der Waals surface area contributed by atoms with Gasteiger partial charge in [-0.3, -0.25) is 9.59 Å². The Balaban J connectivity index is 2.46. The maximum Gasteiger partial charge on any atom is 0.308 e. The van der Waals surface area contributed by atoms with Crippen LogP contribution in [0.15, 0.2) is 29.8 Å². The number of hydrogen-bond acceptors (Lipinski definition) is 5. The van der Waals surface area contributed by atoms with Crippen LogP contribution < -0.4 is 5.73 Å². The molecule has 1 atom stereocenters. The van der Waals surface area contributed by atoms with Crippen molar-refractivity contribution in [3.05, 3.63) is 45.5 Å². The summed E-state index contributed by atoms with van der Waals surface area (Å²) in [6, 6.07) is 4.63. The molecule has 0 fully saturated rings. The summed E-state index contributed by atoms with van der Waals surface area (Å²) in [5, 5.41) is 0.684. The second kappa shape index (κ2) is 5.00. The number of Topliss-reactive ketones (excluding diaryl/α,β-unsaturated/α-hetero) is 1. The molecular weight excluding hydrogens is 305 g/mol. The number of nitrogens with two attached hydrogens (primary N) is 1. The maximum absolute atomic E-state index is 12.4. The number of hydrogen-bond donors (Lipinski definition) is 1. The lowest BCUT2D eigenvalue weighted by Crippen LogP contribution is -2.32. The van der Waals surface area contributed by atoms with Gasteiger partial charge in [0.25, 0.3) is 5.78 Å². The Bertz CT molecular complexity index is 641. The quantitative estimate of drug-likeness (QED) is 0.848. The third-order valence-corrected chi connectivity index (χ3v) is 3.43. The summed E-state index contributed by atoms with van der Waals surface area (Å²) in [6.45, 7) is 2.64. The fraction of sp³-hybridized carbons (Fsp3) is 0.231. The highest BCUT2D eigenvalue weighted by Gasteiger charge is 2.49. The molecule has 2 N–H and O–H groups in total. The summed E-state index contributed by atoms with van der Waals surface area (Å²) >= 11 is 12.0. The van der Waals surface area contributed by atoms with Crippen LogP contribution in [0, 0.1) is 0 Å². The van der Waals surface area contributed by atoms with Gasteiger partial charge in [-0.25, -0.2) is 0 Å². The van der Waals surface area contributed by atoms with Crippen LogP contribution in [0.4, 0.5) is 0 Å². The number of esters is 1. The third kappa shape index (κ3) is 2.34. The van der Waals surface area contributed by atoms with Crippen molar-refractivity contribution in [1.29, 1.82) is 0 Å². The van der Waals surface area contributed by atoms with Gasteiger partial charge in [0.2, 0.25) is 17.2 Å². The van der Waals surface area contributed by atoms with E-state index in [0.717, 1.165) is 6.92 Å². The number of benzene rings is 1. The van der Waals surface area contributed by atoms with Crippen molar-refractivity contribution in [3.8, 4) is 0 Å². The van der Waals surface area contributed by atoms with Crippen LogP contribution in [0.3, 0.4) is 0 Å². The van der Waals surface area contributed by atoms with Crippen molar-refractivity contribution in [3.63, 3.8) is 0 Å². The predicted octanol–water partition coefficient (Wildman–Crippen LogP) is 2.50. The highest BCUT2D eigenvalue weighted by molar-refractivity contribution is 6.34. The molecule has 2 rings (SSSR count). The molecule has 20 heavy (non-hydrogen) atoms. The molecular formula is C13H11Cl2NO4. The van der Waals surface area contributed by atoms with Gasteiger partial charge < -0.3 is 15.2 Å². The zero-order chi connectivity index (χ0) is 15.1. The van der Waals surface area contributed by atoms with Crippen molar-refractivity contribution in [1.82, 2.24) is 0 Å². The Labute approximate surface area is 125 Å². The number of carbonyl (C=O) groups is 2. The largest absolute Gasteiger partial charge is 0.457 e. The van der Waals surface area contributed by atoms with E-state index in [9.17, 15) is 9.59 Å². The molecule has 0 aliphatic carbocycles. The second-order valence-corrected chi connectivity index (χ2v) is 5.22. The molecule has 0 bridgehead atoms. The molecule has 1 aliphatic rings. The van der Waals surface area contributed by atoms with E-state index in [-0.39, 0.29) is 11.6 Å². The Morgan fingerprint density at radius 3 is 2.65 bits per heavy atom. The van der Waals surface area contributed by atoms with Gasteiger partial charge in [0.05, 0.1) is 0 Å². The van der Waals surface area contributed by atoms with E-state index in [1.54, 1.807) is 12.1 Å². The van der Waals surface area contributed by atoms with Crippen molar-refractivity contribution in [2.75, 3.05) is 0 Å². The van der Waals surface area contributed by atoms with Crippen molar-refractivity contribution >= 4 is 35.0 Å². The molecule has 1 unspecified atom stereocenters. The normalized spacial score (nSPS) is 21.9. The first-order valence-corrected chi connectivity index (χ1v) is 6.39. The number of halogens is 2. The van der Waals surface area contributed by atoms with Gasteiger partial charge in [0, 0.05) is 22.5 Å². The highest BCUT2D eigenvalue weighted by atomic mass is 35.5. The Morgan fingerprint density at radius 2 is 2.05 bits per heavy atom. The van der Waals surface area contributed by atoms with Crippen LogP contribution in [0.5, 0.6) is 0 Å². The highest BCUT2D eigenvalue weighted by Crippen LogP contribution is 2.41. The van der Waals surface area contributed by atoms with E-state index in [0.29, 0.717) is 15.6 Å². The molecule has 0 radical (unpaired) electrons. The summed E-state index contributed by atoms with van der Waals surface area (Å²) in [6.07, 6.45) is 0. The molecule has 0 saturated heterocycles. The molecule has 0 aromatic heterocycles. The van der Waals surface area contributed by atoms with Gasteiger partial charge in [-0.15, -0.1) is 0 Å². The Hall–Kier alpha value is -1.72. The lowest BCUT2D eigenvalue weighted by atomic mass is 9.91. The topological polar surface area (TPSA) is 78.6 Å². The van der Waals surface area contributed by atoms with E-state index < -0.39 is 17.4 Å². The third-order valence-electron chi connectivity index (χ3n) is 2.87. The standard InChI is InChI=1S/C13H11Cl2NO4/c1-6(17)19-10-11(18)13(2,20-12(10)16)8-5-7(14)3-4-9(8)15/h3-5H,16H2,1-2H3. The minimum Gasteiger partial charge on any atom is -0.457 e. The van der Waals surface area contributed by atoms with Crippen LogP contribution in [0.2, 0.25) is 10.0 Å². The molecule has 0 amide bonds. The lowest BCUT2D eigenvalue weighted by molar-refractivity contribution is -0.142. The maximum atomic E-state index is 12.4. The first-order valence-electron chi connectivity index (χ1n) is 5.63. The van der Waals surface area contributed by atoms with Crippen molar-refractivity contribution in [2.24, 2.45) is 5.73 Å². The van der Waals surface area contributed by atoms with Crippen molar-refractivity contribution < 1.29 is 19.1 Å². The lowest BCUT2D eigenvalue weighted by Gasteiger charge is -2.24. The van der Waals surface area contributed by atoms with Gasteiger partial charge in [-0.05, 0) is 25.1 Å². The average Bonchev–Trinajstić information content (AvgIpc) is 2.56. The molecule has 5 nitrogen and oxygen atoms in total. The van der Waals surface area contributed by atoms with Gasteiger partial charge >= 0.3 is 5.97 Å². The van der Waals surface area contributed by atoms with Gasteiger partial charge in [0.15, 0.2) is 0 Å². The zero-order valence-electron chi connectivity index (χ0n) is 10.7. The smallest absolute Gasteiger partial charge is 0.308 e. The molecule has 106 valence electrons. The number of carbonyl (C=O) groups excluding carboxylic acids is 2. The first-order chi connectivity index (χ1) is 9.25. The summed E-state index contributed by atoms with van der Waals surface area (Å²) in [5.41, 5.74) is 4.48. The van der Waals surface area contributed by atoms with Gasteiger partial charge in [-0.2, -0.15) is 0 Å². The van der Waals surface area contributed by atoms with E-state index in [1.807, 2.05) is 0 Å². The Kier molecular flexibility index (Phi) is 3.67. The second-order valence-electron chi connectivity index (χ2n) is 4.38. The van der Waals surface area contributed by atoms with Gasteiger partial charge in [-0.1, -0.05) is 23.2 Å². The van der Waals surface area contributed by atoms with Crippen molar-refractivity contribution in [2.45, 2.75) is 19.4 Å². The molecule has 0 spiro atoms. The summed E-state index contributed by atoms with van der Waals surface area (Å²) in [4.78, 5) is 23.4. The minimum atomic E-state index is -1.48. The van der Waals surface area contributed by atoms with E-state index in [1.165, 1.54) is 13.0 Å². The molecule has 0 saturated carbocycles. The number of rotatable bonds is 2. The van der Waals surface area contributed by atoms with E-state index >= 15 is 0 Å². The zero-order valence-corrected chi connectivity index (χ0v) is 12.2. The molecule has 7 heteroatoms.